The van der Waals surface area contributed by atoms with Gasteiger partial charge in [-0.25, -0.2) is 0 Å². The summed E-state index contributed by atoms with van der Waals surface area (Å²) in [5.41, 5.74) is 0. The summed E-state index contributed by atoms with van der Waals surface area (Å²) in [6.45, 7) is 9.25. The first kappa shape index (κ1) is 17.5. The molecule has 6 heteroatoms. The smallest absolute Gasteiger partial charge is 0.228 e. The SMILES string of the molecule is CN=C(NCCc1nc(C)no1)NC(C)CCCC(C)C. The zero-order valence-electron chi connectivity index (χ0n) is 13.9. The van der Waals surface area contributed by atoms with Crippen molar-refractivity contribution in [1.29, 1.82) is 0 Å². The normalized spacial score (nSPS) is 13.5. The van der Waals surface area contributed by atoms with E-state index in [2.05, 4.69) is 46.5 Å². The molecule has 6 nitrogen and oxygen atoms in total. The van der Waals surface area contributed by atoms with Crippen LogP contribution >= 0.6 is 0 Å². The molecule has 0 saturated heterocycles. The first-order valence-electron chi connectivity index (χ1n) is 7.77. The van der Waals surface area contributed by atoms with Gasteiger partial charge in [0, 0.05) is 26.1 Å². The van der Waals surface area contributed by atoms with Gasteiger partial charge >= 0.3 is 0 Å². The minimum atomic E-state index is 0.417. The molecule has 21 heavy (non-hydrogen) atoms. The number of hydrogen-bond acceptors (Lipinski definition) is 4. The van der Waals surface area contributed by atoms with Crippen molar-refractivity contribution < 1.29 is 4.52 Å². The average molecular weight is 295 g/mol. The van der Waals surface area contributed by atoms with Crippen molar-refractivity contribution in [2.24, 2.45) is 10.9 Å². The Morgan fingerprint density at radius 2 is 2.05 bits per heavy atom. The van der Waals surface area contributed by atoms with E-state index in [0.29, 0.717) is 24.2 Å². The molecule has 0 spiro atoms. The molecule has 0 aliphatic rings. The molecular formula is C15H29N5O. The minimum absolute atomic E-state index is 0.417. The van der Waals surface area contributed by atoms with Gasteiger partial charge in [0.05, 0.1) is 0 Å². The van der Waals surface area contributed by atoms with Gasteiger partial charge in [0.25, 0.3) is 0 Å². The van der Waals surface area contributed by atoms with Gasteiger partial charge in [-0.2, -0.15) is 4.98 Å². The van der Waals surface area contributed by atoms with E-state index in [4.69, 9.17) is 4.52 Å². The molecule has 0 bridgehead atoms. The van der Waals surface area contributed by atoms with Crippen LogP contribution < -0.4 is 10.6 Å². The Balaban J connectivity index is 2.22. The fourth-order valence-corrected chi connectivity index (χ4v) is 2.06. The predicted octanol–water partition coefficient (Wildman–Crippen LogP) is 2.30. The van der Waals surface area contributed by atoms with E-state index in [9.17, 15) is 0 Å². The number of aromatic nitrogens is 2. The maximum atomic E-state index is 5.07. The van der Waals surface area contributed by atoms with Gasteiger partial charge in [-0.1, -0.05) is 31.8 Å². The van der Waals surface area contributed by atoms with E-state index in [1.54, 1.807) is 7.05 Å². The molecule has 2 N–H and O–H groups in total. The largest absolute Gasteiger partial charge is 0.356 e. The zero-order chi connectivity index (χ0) is 15.7. The number of nitrogens with one attached hydrogen (secondary N) is 2. The average Bonchev–Trinajstić information content (AvgIpc) is 2.83. The van der Waals surface area contributed by atoms with Crippen molar-refractivity contribution in [1.82, 2.24) is 20.8 Å². The standard InChI is InChI=1S/C15H29N5O/c1-11(2)7-6-8-12(3)18-15(16-5)17-10-9-14-19-13(4)20-21-14/h11-12H,6-10H2,1-5H3,(H2,16,17,18). The Kier molecular flexibility index (Phi) is 7.79. The first-order chi connectivity index (χ1) is 10.0. The van der Waals surface area contributed by atoms with E-state index in [0.717, 1.165) is 24.8 Å². The maximum absolute atomic E-state index is 5.07. The third-order valence-corrected chi connectivity index (χ3v) is 3.23. The Morgan fingerprint density at radius 1 is 1.29 bits per heavy atom. The molecule has 1 rings (SSSR count). The second kappa shape index (κ2) is 9.37. The fraction of sp³-hybridized carbons (Fsp3) is 0.800. The predicted molar refractivity (Wildman–Crippen MR) is 85.4 cm³/mol. The van der Waals surface area contributed by atoms with Crippen LogP contribution in [0.5, 0.6) is 0 Å². The number of guanidine groups is 1. The van der Waals surface area contributed by atoms with Gasteiger partial charge in [0.2, 0.25) is 5.89 Å². The van der Waals surface area contributed by atoms with Crippen molar-refractivity contribution in [2.75, 3.05) is 13.6 Å². The molecule has 1 aromatic rings. The van der Waals surface area contributed by atoms with Crippen molar-refractivity contribution in [3.05, 3.63) is 11.7 Å². The van der Waals surface area contributed by atoms with Gasteiger partial charge in [-0.3, -0.25) is 4.99 Å². The van der Waals surface area contributed by atoms with E-state index < -0.39 is 0 Å². The highest BCUT2D eigenvalue weighted by molar-refractivity contribution is 5.79. The summed E-state index contributed by atoms with van der Waals surface area (Å²) < 4.78 is 5.07. The number of nitrogens with zero attached hydrogens (tertiary/aromatic N) is 3. The topological polar surface area (TPSA) is 75.3 Å². The maximum Gasteiger partial charge on any atom is 0.228 e. The quantitative estimate of drug-likeness (QED) is 0.568. The summed E-state index contributed by atoms with van der Waals surface area (Å²) in [6, 6.07) is 0.417. The van der Waals surface area contributed by atoms with Gasteiger partial charge < -0.3 is 15.2 Å². The summed E-state index contributed by atoms with van der Waals surface area (Å²) in [6.07, 6.45) is 4.36. The van der Waals surface area contributed by atoms with Crippen molar-refractivity contribution in [2.45, 2.75) is 59.4 Å². The first-order valence-corrected chi connectivity index (χ1v) is 7.77. The highest BCUT2D eigenvalue weighted by Crippen LogP contribution is 2.08. The second-order valence-electron chi connectivity index (χ2n) is 5.85. The summed E-state index contributed by atoms with van der Waals surface area (Å²) in [7, 11) is 1.78. The molecule has 0 radical (unpaired) electrons. The van der Waals surface area contributed by atoms with Crippen LogP contribution in [-0.4, -0.2) is 35.7 Å². The van der Waals surface area contributed by atoms with Crippen molar-refractivity contribution in [3.8, 4) is 0 Å². The highest BCUT2D eigenvalue weighted by atomic mass is 16.5. The van der Waals surface area contributed by atoms with Crippen LogP contribution in [0.15, 0.2) is 9.52 Å². The molecule has 0 aliphatic heterocycles. The molecule has 0 aromatic carbocycles. The third kappa shape index (κ3) is 7.68. The van der Waals surface area contributed by atoms with Crippen LogP contribution in [0.1, 0.15) is 51.7 Å². The van der Waals surface area contributed by atoms with Crippen LogP contribution in [0.4, 0.5) is 0 Å². The summed E-state index contributed by atoms with van der Waals surface area (Å²) in [5.74, 6) is 2.92. The molecule has 1 heterocycles. The molecule has 0 aliphatic carbocycles. The zero-order valence-corrected chi connectivity index (χ0v) is 13.9. The number of rotatable bonds is 8. The molecule has 1 atom stereocenters. The van der Waals surface area contributed by atoms with E-state index in [1.807, 2.05) is 6.92 Å². The van der Waals surface area contributed by atoms with Gasteiger partial charge in [-0.15, -0.1) is 0 Å². The molecule has 1 unspecified atom stereocenters. The summed E-state index contributed by atoms with van der Waals surface area (Å²) in [4.78, 5) is 8.41. The van der Waals surface area contributed by atoms with Crippen LogP contribution in [0, 0.1) is 12.8 Å². The molecule has 0 amide bonds. The monoisotopic (exact) mass is 295 g/mol. The molecule has 1 aromatic heterocycles. The molecule has 0 fully saturated rings. The molecule has 0 saturated carbocycles. The molecule has 120 valence electrons. The highest BCUT2D eigenvalue weighted by Gasteiger charge is 2.07. The third-order valence-electron chi connectivity index (χ3n) is 3.23. The van der Waals surface area contributed by atoms with Crippen molar-refractivity contribution in [3.63, 3.8) is 0 Å². The van der Waals surface area contributed by atoms with Gasteiger partial charge in [0.15, 0.2) is 11.8 Å². The number of hydrogen-bond donors (Lipinski definition) is 2. The lowest BCUT2D eigenvalue weighted by atomic mass is 10.0. The van der Waals surface area contributed by atoms with Crippen LogP contribution in [0.3, 0.4) is 0 Å². The van der Waals surface area contributed by atoms with Gasteiger partial charge in [-0.05, 0) is 26.2 Å². The van der Waals surface area contributed by atoms with Crippen LogP contribution in [0.2, 0.25) is 0 Å². The Labute approximate surface area is 127 Å². The number of aryl methyl sites for hydroxylation is 1. The Morgan fingerprint density at radius 3 is 2.62 bits per heavy atom. The summed E-state index contributed by atoms with van der Waals surface area (Å²) in [5, 5.41) is 10.4. The Hall–Kier alpha value is -1.59. The van der Waals surface area contributed by atoms with E-state index in [-0.39, 0.29) is 0 Å². The van der Waals surface area contributed by atoms with E-state index in [1.165, 1.54) is 12.8 Å². The molecular weight excluding hydrogens is 266 g/mol. The fourth-order valence-electron chi connectivity index (χ4n) is 2.06. The second-order valence-corrected chi connectivity index (χ2v) is 5.85. The lowest BCUT2D eigenvalue weighted by Crippen LogP contribution is -2.42. The van der Waals surface area contributed by atoms with E-state index >= 15 is 0 Å². The minimum Gasteiger partial charge on any atom is -0.356 e. The van der Waals surface area contributed by atoms with Crippen LogP contribution in [-0.2, 0) is 6.42 Å². The number of aliphatic imine (C=N–C) groups is 1. The van der Waals surface area contributed by atoms with Crippen molar-refractivity contribution >= 4 is 5.96 Å². The lowest BCUT2D eigenvalue weighted by molar-refractivity contribution is 0.374. The lowest BCUT2D eigenvalue weighted by Gasteiger charge is -2.18. The Bertz CT molecular complexity index is 427. The van der Waals surface area contributed by atoms with Crippen LogP contribution in [0.25, 0.3) is 0 Å². The van der Waals surface area contributed by atoms with Gasteiger partial charge in [0.1, 0.15) is 0 Å². The summed E-state index contributed by atoms with van der Waals surface area (Å²) >= 11 is 0.